The molecule has 1 unspecified atom stereocenters. The van der Waals surface area contributed by atoms with E-state index in [9.17, 15) is 43.5 Å². The van der Waals surface area contributed by atoms with Gasteiger partial charge in [0, 0.05) is 60.4 Å². The number of allylic oxidation sites excluding steroid dienone is 3. The van der Waals surface area contributed by atoms with Crippen LogP contribution in [-0.4, -0.2) is 152 Å². The van der Waals surface area contributed by atoms with E-state index in [1.807, 2.05) is 13.0 Å². The number of primary amides is 1. The number of hydrogen-bond acceptors (Lipinski definition) is 15. The summed E-state index contributed by atoms with van der Waals surface area (Å²) in [6, 6.07) is 4.52. The number of methoxy groups -OCH3 is 2. The molecule has 458 valence electrons. The Balaban J connectivity index is 1.33. The molecule has 27 heteroatoms. The molecule has 0 radical (unpaired) electrons. The van der Waals surface area contributed by atoms with E-state index in [1.54, 1.807) is 52.0 Å². The molecule has 0 saturated carbocycles. The van der Waals surface area contributed by atoms with Crippen molar-refractivity contribution in [3.8, 4) is 5.75 Å². The van der Waals surface area contributed by atoms with Crippen LogP contribution in [0.25, 0.3) is 0 Å². The highest BCUT2D eigenvalue weighted by Crippen LogP contribution is 2.49. The van der Waals surface area contributed by atoms with Crippen LogP contribution >= 0.6 is 59.4 Å². The first-order chi connectivity index (χ1) is 39.3. The normalized spacial score (nSPS) is 24.7. The smallest absolute Gasteiger partial charge is 0.412 e. The first-order valence-corrected chi connectivity index (χ1v) is 30.6. The Hall–Kier alpha value is -5.35. The van der Waals surface area contributed by atoms with Crippen LogP contribution in [0.15, 0.2) is 58.6 Å². The molecule has 2 fully saturated rings. The summed E-state index contributed by atoms with van der Waals surface area (Å²) in [5.41, 5.74) is 4.47. The number of carbonyl (C=O) groups excluding carboxylic acids is 8. The van der Waals surface area contributed by atoms with Crippen molar-refractivity contribution < 1.29 is 67.1 Å². The molecule has 83 heavy (non-hydrogen) atoms. The van der Waals surface area contributed by atoms with Crippen LogP contribution in [0.5, 0.6) is 5.75 Å². The molecule has 0 spiro atoms. The van der Waals surface area contributed by atoms with Gasteiger partial charge in [-0.25, -0.2) is 14.4 Å². The van der Waals surface area contributed by atoms with E-state index in [0.29, 0.717) is 58.8 Å². The number of aldehydes is 1. The zero-order valence-electron chi connectivity index (χ0n) is 47.7. The molecule has 5 rings (SSSR count). The Morgan fingerprint density at radius 2 is 1.71 bits per heavy atom. The topological polar surface area (TPSA) is 320 Å². The number of fused-ring (bicyclic) bond motifs is 5. The van der Waals surface area contributed by atoms with E-state index in [2.05, 4.69) is 85.0 Å². The van der Waals surface area contributed by atoms with Crippen molar-refractivity contribution in [3.63, 3.8) is 0 Å². The van der Waals surface area contributed by atoms with Crippen molar-refractivity contribution >= 4 is 125 Å². The summed E-state index contributed by atoms with van der Waals surface area (Å²) in [6.45, 7) is 9.45. The maximum Gasteiger partial charge on any atom is 0.412 e. The lowest BCUT2D eigenvalue weighted by Gasteiger charge is -2.42. The highest BCUT2D eigenvalue weighted by molar-refractivity contribution is 9.10. The monoisotopic (exact) mass is 1370 g/mol. The first kappa shape index (κ1) is 68.4. The number of rotatable bonds is 24. The number of alkyl halides is 2. The van der Waals surface area contributed by atoms with Gasteiger partial charge in [0.05, 0.1) is 49.0 Å². The van der Waals surface area contributed by atoms with Gasteiger partial charge in [-0.3, -0.25) is 35.1 Å². The van der Waals surface area contributed by atoms with Crippen LogP contribution in [0.4, 0.5) is 31.4 Å². The number of ether oxygens (including phenoxy) is 5. The van der Waals surface area contributed by atoms with Crippen molar-refractivity contribution in [1.82, 2.24) is 26.6 Å². The second kappa shape index (κ2) is 31.7. The molecule has 10 N–H and O–H groups in total. The molecule has 2 aromatic rings. The van der Waals surface area contributed by atoms with Crippen molar-refractivity contribution in [2.75, 3.05) is 60.6 Å². The fourth-order valence-electron chi connectivity index (χ4n) is 9.86. The van der Waals surface area contributed by atoms with Gasteiger partial charge in [0.2, 0.25) is 23.6 Å². The second-order valence-corrected chi connectivity index (χ2v) is 23.9. The number of anilines is 3. The number of carbonyl (C=O) groups is 8. The maximum atomic E-state index is 14.4. The summed E-state index contributed by atoms with van der Waals surface area (Å²) in [4.78, 5) is 107. The summed E-state index contributed by atoms with van der Waals surface area (Å²) in [7, 11) is 4.41. The predicted octanol–water partition coefficient (Wildman–Crippen LogP) is 6.88. The Morgan fingerprint density at radius 3 is 2.35 bits per heavy atom. The van der Waals surface area contributed by atoms with Crippen LogP contribution in [0, 0.1) is 17.8 Å². The molecule has 3 heterocycles. The number of nitrogens with two attached hydrogens (primary N) is 1. The van der Waals surface area contributed by atoms with E-state index < -0.39 is 102 Å². The Morgan fingerprint density at radius 1 is 1.00 bits per heavy atom. The first-order valence-electron chi connectivity index (χ1n) is 27.2. The molecule has 2 aromatic carbocycles. The van der Waals surface area contributed by atoms with Gasteiger partial charge in [0.15, 0.2) is 5.72 Å². The molecule has 2 saturated heterocycles. The van der Waals surface area contributed by atoms with Crippen LogP contribution < -0.4 is 52.6 Å². The third kappa shape index (κ3) is 19.1. The third-order valence-electron chi connectivity index (χ3n) is 14.8. The van der Waals surface area contributed by atoms with E-state index in [4.69, 9.17) is 41.0 Å². The number of aliphatic hydroxyl groups is 1. The lowest BCUT2D eigenvalue weighted by atomic mass is 9.83. The molecule has 0 aliphatic carbocycles. The molecule has 10 atom stereocenters. The van der Waals surface area contributed by atoms with Gasteiger partial charge in [0.1, 0.15) is 47.0 Å². The van der Waals surface area contributed by atoms with Crippen LogP contribution in [0.2, 0.25) is 5.02 Å². The number of unbranched alkanes of at least 4 members (excludes halogenated alkanes) is 1. The van der Waals surface area contributed by atoms with Gasteiger partial charge < -0.3 is 65.5 Å². The molecule has 0 aromatic heterocycles. The highest BCUT2D eigenvalue weighted by Gasteiger charge is 2.64. The van der Waals surface area contributed by atoms with Crippen LogP contribution in [-0.2, 0) is 49.3 Å². The number of epoxide rings is 1. The fourth-order valence-corrected chi connectivity index (χ4v) is 12.3. The fraction of sp³-hybridized carbons (Fsp3) is 0.571. The Labute approximate surface area is 514 Å². The van der Waals surface area contributed by atoms with E-state index >= 15 is 0 Å². The third-order valence-corrected chi connectivity index (χ3v) is 17.4. The number of nitrogens with zero attached hydrogens (tertiary/aromatic N) is 1. The Bertz CT molecular complexity index is 2720. The second-order valence-electron chi connectivity index (χ2n) is 21.4. The SMILES string of the molecule is COc1cc2cc(c1Cl)N(C)C(=O)C[C@H](OC(=O)Nc1ccc(NC(=O)[C@H](CCCNC(N)=O)NC(=O)[C@@H](NC(C=O)CCCCNC(=O)C(CBr)CBr)C(C)C)c(Br)c1)[C@]1(C)O[C@H]1[C@H](C)[C@@H]1C[C@@](O)(NC(=O)O1)[C@H](OC)/C=C/C=C(\C)C2. The van der Waals surface area contributed by atoms with Gasteiger partial charge >= 0.3 is 18.2 Å². The van der Waals surface area contributed by atoms with Gasteiger partial charge in [-0.1, -0.05) is 88.0 Å². The van der Waals surface area contributed by atoms with E-state index in [-0.39, 0.29) is 59.9 Å². The number of amides is 8. The van der Waals surface area contributed by atoms with Crippen LogP contribution in [0.1, 0.15) is 85.1 Å². The standard InChI is InChI=1S/C56H77Br3ClN9O14/c1-30(2)47(64-36(29-70)14-9-10-19-62-49(72)34(27-57)28-58)51(74)67-39(15-12-20-63-52(61)75)50(73)66-38-18-17-35(24-37(38)59)65-53(76)82-44-25-45(71)69(6)40-22-33(23-41(79-7)46(40)60)21-31(3)13-11-16-43(80-8)56(78)26-42(81-54(77)68-56)32(4)48-55(44,5)83-48/h11,13,16-18,22-24,29-30,32,34,36,39,42-44,47-48,64,78H,9-10,12,14-15,19-21,25-28H2,1-8H3,(H,62,72)(H,65,76)(H,66,73)(H,67,74)(H,68,77)(H3,61,63,75)/b16-11+,31-13+/t32-,36?,39+,42+,43-,44+,47+,48+,55+,56+/m1/s1. The molecular weight excluding hydrogens is 1300 g/mol. The van der Waals surface area contributed by atoms with Crippen LogP contribution in [0.3, 0.4) is 0 Å². The minimum atomic E-state index is -1.90. The Kier molecular flexibility index (Phi) is 26.1. The number of urea groups is 1. The van der Waals surface area contributed by atoms with Crippen molar-refractivity contribution in [3.05, 3.63) is 69.2 Å². The average molecular weight is 1380 g/mol. The average Bonchev–Trinajstić information content (AvgIpc) is 1.91. The minimum Gasteiger partial charge on any atom is -0.495 e. The highest BCUT2D eigenvalue weighted by atomic mass is 79.9. The zero-order chi connectivity index (χ0) is 61.3. The zero-order valence-corrected chi connectivity index (χ0v) is 53.3. The van der Waals surface area contributed by atoms with E-state index in [0.717, 1.165) is 17.4 Å². The number of nitrogens with one attached hydrogen (secondary N) is 7. The summed E-state index contributed by atoms with van der Waals surface area (Å²) in [5.74, 6) is -2.59. The molecule has 23 nitrogen and oxygen atoms in total. The summed E-state index contributed by atoms with van der Waals surface area (Å²) < 4.78 is 29.7. The van der Waals surface area contributed by atoms with Gasteiger partial charge in [-0.2, -0.15) is 0 Å². The van der Waals surface area contributed by atoms with Gasteiger partial charge in [-0.05, 0) is 110 Å². The number of halogens is 4. The summed E-state index contributed by atoms with van der Waals surface area (Å²) in [6.07, 6.45) is 1.85. The molecule has 4 bridgehead atoms. The van der Waals surface area contributed by atoms with Crippen molar-refractivity contribution in [2.24, 2.45) is 23.5 Å². The number of benzene rings is 2. The molecule has 8 amide bonds. The largest absolute Gasteiger partial charge is 0.495 e. The minimum absolute atomic E-state index is 0.0728. The van der Waals surface area contributed by atoms with E-state index in [1.165, 1.54) is 44.4 Å². The lowest BCUT2D eigenvalue weighted by molar-refractivity contribution is -0.142. The van der Waals surface area contributed by atoms with Crippen molar-refractivity contribution in [2.45, 2.75) is 140 Å². The molecular formula is C56H77Br3ClN9O14. The maximum absolute atomic E-state index is 14.4. The van der Waals surface area contributed by atoms with Gasteiger partial charge in [0.25, 0.3) is 0 Å². The summed E-state index contributed by atoms with van der Waals surface area (Å²) >= 11 is 17.0. The number of hydrogen-bond donors (Lipinski definition) is 9. The molecule has 3 aliphatic heterocycles. The van der Waals surface area contributed by atoms with Crippen molar-refractivity contribution in [1.29, 1.82) is 0 Å². The quantitative estimate of drug-likeness (QED) is 0.0224. The van der Waals surface area contributed by atoms with Gasteiger partial charge in [-0.15, -0.1) is 0 Å². The number of alkyl carbamates (subject to hydrolysis) is 1. The molecule has 3 aliphatic rings. The lowest BCUT2D eigenvalue weighted by Crippen LogP contribution is -2.63. The summed E-state index contributed by atoms with van der Waals surface area (Å²) in [5, 5.41) is 32.4. The predicted molar refractivity (Wildman–Crippen MR) is 324 cm³/mol.